The van der Waals surface area contributed by atoms with Crippen LogP contribution in [0.4, 0.5) is 11.5 Å². The molecule has 1 aliphatic heterocycles. The molecule has 33 heavy (non-hydrogen) atoms. The van der Waals surface area contributed by atoms with Crippen LogP contribution in [0.2, 0.25) is 0 Å². The van der Waals surface area contributed by atoms with Crippen LogP contribution in [0.1, 0.15) is 42.1 Å². The fourth-order valence-corrected chi connectivity index (χ4v) is 4.72. The van der Waals surface area contributed by atoms with Crippen LogP contribution in [0, 0.1) is 6.92 Å². The lowest BCUT2D eigenvalue weighted by Gasteiger charge is -2.32. The number of hydrogen-bond acceptors (Lipinski definition) is 4. The van der Waals surface area contributed by atoms with Gasteiger partial charge in [-0.05, 0) is 62.1 Å². The van der Waals surface area contributed by atoms with E-state index in [1.807, 2.05) is 54.4 Å². The van der Waals surface area contributed by atoms with Crippen molar-refractivity contribution in [2.24, 2.45) is 0 Å². The van der Waals surface area contributed by atoms with Crippen molar-refractivity contribution >= 4 is 28.3 Å². The second kappa shape index (κ2) is 9.45. The summed E-state index contributed by atoms with van der Waals surface area (Å²) in [6.45, 7) is 3.60. The third-order valence-corrected chi connectivity index (χ3v) is 6.46. The average molecular weight is 440 g/mol. The number of H-pyrrole nitrogens is 1. The van der Waals surface area contributed by atoms with Gasteiger partial charge in [0.2, 0.25) is 5.91 Å². The van der Waals surface area contributed by atoms with Crippen molar-refractivity contribution in [1.82, 2.24) is 19.9 Å². The minimum atomic E-state index is 0.244. The van der Waals surface area contributed by atoms with Gasteiger partial charge >= 0.3 is 0 Å². The standard InChI is InChI=1S/C27H29N5O/c1-19-16-22(31-26-8-4-5-13-28-26)17-25(30-19)20-11-14-32(15-12-20)27(33)10-9-21-18-29-24-7-3-2-6-23(21)24/h2-8,13,16-18,20,29H,9-12,14-15H2,1H3,(H,28,30,31). The Labute approximate surface area is 194 Å². The van der Waals surface area contributed by atoms with E-state index in [1.54, 1.807) is 6.20 Å². The minimum absolute atomic E-state index is 0.244. The molecule has 0 unspecified atom stereocenters. The van der Waals surface area contributed by atoms with Crippen LogP contribution in [-0.2, 0) is 11.2 Å². The van der Waals surface area contributed by atoms with Crippen molar-refractivity contribution in [3.05, 3.63) is 83.9 Å². The van der Waals surface area contributed by atoms with Gasteiger partial charge in [-0.25, -0.2) is 4.98 Å². The van der Waals surface area contributed by atoms with Crippen LogP contribution in [0.5, 0.6) is 0 Å². The number of para-hydroxylation sites is 1. The monoisotopic (exact) mass is 439 g/mol. The number of piperidine rings is 1. The summed E-state index contributed by atoms with van der Waals surface area (Å²) in [4.78, 5) is 27.3. The Kier molecular flexibility index (Phi) is 6.07. The predicted octanol–water partition coefficient (Wildman–Crippen LogP) is 5.35. The lowest BCUT2D eigenvalue weighted by molar-refractivity contribution is -0.132. The molecule has 2 N–H and O–H groups in total. The number of carbonyl (C=O) groups excluding carboxylic acids is 1. The minimum Gasteiger partial charge on any atom is -0.361 e. The zero-order valence-electron chi connectivity index (χ0n) is 18.9. The number of carbonyl (C=O) groups is 1. The maximum absolute atomic E-state index is 12.9. The predicted molar refractivity (Wildman–Crippen MR) is 132 cm³/mol. The van der Waals surface area contributed by atoms with E-state index in [4.69, 9.17) is 4.98 Å². The summed E-state index contributed by atoms with van der Waals surface area (Å²) in [7, 11) is 0. The van der Waals surface area contributed by atoms with Crippen LogP contribution in [0.15, 0.2) is 67.0 Å². The van der Waals surface area contributed by atoms with Crippen LogP contribution in [-0.4, -0.2) is 38.8 Å². The first kappa shape index (κ1) is 21.2. The number of aromatic nitrogens is 3. The van der Waals surface area contributed by atoms with Gasteiger partial charge in [0, 0.05) is 65.8 Å². The fourth-order valence-electron chi connectivity index (χ4n) is 4.72. The second-order valence-electron chi connectivity index (χ2n) is 8.78. The summed E-state index contributed by atoms with van der Waals surface area (Å²) >= 11 is 0. The molecule has 0 aliphatic carbocycles. The number of aromatic amines is 1. The van der Waals surface area contributed by atoms with Crippen molar-refractivity contribution in [2.75, 3.05) is 18.4 Å². The lowest BCUT2D eigenvalue weighted by atomic mass is 9.92. The van der Waals surface area contributed by atoms with E-state index in [0.29, 0.717) is 12.3 Å². The molecule has 1 aromatic carbocycles. The molecule has 0 saturated carbocycles. The van der Waals surface area contributed by atoms with Gasteiger partial charge in [-0.15, -0.1) is 0 Å². The van der Waals surface area contributed by atoms with Gasteiger partial charge < -0.3 is 15.2 Å². The molecule has 1 aliphatic rings. The molecule has 1 saturated heterocycles. The quantitative estimate of drug-likeness (QED) is 0.425. The molecule has 1 amide bonds. The number of rotatable bonds is 6. The summed E-state index contributed by atoms with van der Waals surface area (Å²) in [5.74, 6) is 1.44. The highest BCUT2D eigenvalue weighted by molar-refractivity contribution is 5.84. The van der Waals surface area contributed by atoms with Gasteiger partial charge in [-0.2, -0.15) is 0 Å². The molecule has 1 fully saturated rings. The molecule has 168 valence electrons. The first-order chi connectivity index (χ1) is 16.2. The van der Waals surface area contributed by atoms with Crippen molar-refractivity contribution in [3.8, 4) is 0 Å². The number of fused-ring (bicyclic) bond motifs is 1. The number of nitrogens with zero attached hydrogens (tertiary/aromatic N) is 3. The normalized spacial score (nSPS) is 14.5. The van der Waals surface area contributed by atoms with E-state index in [-0.39, 0.29) is 5.91 Å². The van der Waals surface area contributed by atoms with Crippen LogP contribution in [0.3, 0.4) is 0 Å². The summed E-state index contributed by atoms with van der Waals surface area (Å²) in [6, 6.07) is 18.3. The summed E-state index contributed by atoms with van der Waals surface area (Å²) in [5, 5.41) is 4.59. The third kappa shape index (κ3) is 4.90. The SMILES string of the molecule is Cc1cc(Nc2ccccn2)cc(C2CCN(C(=O)CCc3c[nH]c4ccccc34)CC2)n1. The summed E-state index contributed by atoms with van der Waals surface area (Å²) in [5.41, 5.74) is 5.44. The number of hydrogen-bond donors (Lipinski definition) is 2. The van der Waals surface area contributed by atoms with E-state index in [9.17, 15) is 4.79 Å². The zero-order valence-corrected chi connectivity index (χ0v) is 18.9. The van der Waals surface area contributed by atoms with E-state index in [2.05, 4.69) is 33.5 Å². The molecule has 0 spiro atoms. The molecular weight excluding hydrogens is 410 g/mol. The van der Waals surface area contributed by atoms with Gasteiger partial charge in [0.1, 0.15) is 5.82 Å². The average Bonchev–Trinajstić information content (AvgIpc) is 3.26. The smallest absolute Gasteiger partial charge is 0.222 e. The molecule has 0 radical (unpaired) electrons. The summed E-state index contributed by atoms with van der Waals surface area (Å²) < 4.78 is 0. The van der Waals surface area contributed by atoms with Crippen molar-refractivity contribution in [1.29, 1.82) is 0 Å². The van der Waals surface area contributed by atoms with Gasteiger partial charge in [-0.1, -0.05) is 24.3 Å². The number of amides is 1. The van der Waals surface area contributed by atoms with E-state index in [1.165, 1.54) is 10.9 Å². The molecule has 4 heterocycles. The van der Waals surface area contributed by atoms with Crippen molar-refractivity contribution < 1.29 is 4.79 Å². The van der Waals surface area contributed by atoms with Crippen LogP contribution >= 0.6 is 0 Å². The number of likely N-dealkylation sites (tertiary alicyclic amines) is 1. The topological polar surface area (TPSA) is 73.9 Å². The number of pyridine rings is 2. The number of benzene rings is 1. The van der Waals surface area contributed by atoms with E-state index >= 15 is 0 Å². The highest BCUT2D eigenvalue weighted by Crippen LogP contribution is 2.30. The number of anilines is 2. The Balaban J connectivity index is 1.18. The molecule has 3 aromatic heterocycles. The maximum Gasteiger partial charge on any atom is 0.222 e. The fraction of sp³-hybridized carbons (Fsp3) is 0.296. The van der Waals surface area contributed by atoms with Gasteiger partial charge in [0.05, 0.1) is 0 Å². The Morgan fingerprint density at radius 1 is 1.12 bits per heavy atom. The molecule has 0 bridgehead atoms. The molecule has 5 rings (SSSR count). The molecule has 4 aromatic rings. The Bertz CT molecular complexity index is 1240. The second-order valence-corrected chi connectivity index (χ2v) is 8.78. The molecule has 0 atom stereocenters. The summed E-state index contributed by atoms with van der Waals surface area (Å²) in [6.07, 6.45) is 7.02. The largest absolute Gasteiger partial charge is 0.361 e. The number of nitrogens with one attached hydrogen (secondary N) is 2. The van der Waals surface area contributed by atoms with Gasteiger partial charge in [-0.3, -0.25) is 9.78 Å². The highest BCUT2D eigenvalue weighted by atomic mass is 16.2. The third-order valence-electron chi connectivity index (χ3n) is 6.46. The Morgan fingerprint density at radius 2 is 1.94 bits per heavy atom. The first-order valence-electron chi connectivity index (χ1n) is 11.6. The molecule has 6 heteroatoms. The molecular formula is C27H29N5O. The molecule has 6 nitrogen and oxygen atoms in total. The number of aryl methyl sites for hydroxylation is 2. The van der Waals surface area contributed by atoms with Crippen LogP contribution < -0.4 is 5.32 Å². The Morgan fingerprint density at radius 3 is 2.76 bits per heavy atom. The highest BCUT2D eigenvalue weighted by Gasteiger charge is 2.25. The Hall–Kier alpha value is -3.67. The van der Waals surface area contributed by atoms with Crippen LogP contribution in [0.25, 0.3) is 10.9 Å². The van der Waals surface area contributed by atoms with Crippen molar-refractivity contribution in [3.63, 3.8) is 0 Å². The van der Waals surface area contributed by atoms with E-state index in [0.717, 1.165) is 60.8 Å². The first-order valence-corrected chi connectivity index (χ1v) is 11.6. The lowest BCUT2D eigenvalue weighted by Crippen LogP contribution is -2.38. The van der Waals surface area contributed by atoms with Gasteiger partial charge in [0.15, 0.2) is 0 Å². The maximum atomic E-state index is 12.9. The van der Waals surface area contributed by atoms with Gasteiger partial charge in [0.25, 0.3) is 0 Å². The van der Waals surface area contributed by atoms with E-state index < -0.39 is 0 Å². The zero-order chi connectivity index (χ0) is 22.6. The van der Waals surface area contributed by atoms with Crippen molar-refractivity contribution in [2.45, 2.75) is 38.5 Å².